The zero-order valence-corrected chi connectivity index (χ0v) is 15.5. The quantitative estimate of drug-likeness (QED) is 0.252. The number of nitro groups is 1. The fourth-order valence-electron chi connectivity index (χ4n) is 3.00. The molecule has 3 N–H and O–H groups in total. The molecule has 3 aromatic rings. The number of aromatic amines is 1. The Morgan fingerprint density at radius 1 is 1.21 bits per heavy atom. The highest BCUT2D eigenvalue weighted by atomic mass is 19.1. The predicted molar refractivity (Wildman–Crippen MR) is 108 cm³/mol. The fourth-order valence-corrected chi connectivity index (χ4v) is 3.00. The van der Waals surface area contributed by atoms with E-state index >= 15 is 0 Å². The van der Waals surface area contributed by atoms with Crippen LogP contribution in [0.25, 0.3) is 10.9 Å². The molecule has 146 valence electrons. The van der Waals surface area contributed by atoms with Crippen molar-refractivity contribution in [2.45, 2.75) is 19.9 Å². The molecule has 0 unspecified atom stereocenters. The zero-order valence-electron chi connectivity index (χ0n) is 15.5. The molecule has 1 heterocycles. The van der Waals surface area contributed by atoms with Crippen LogP contribution in [0.3, 0.4) is 0 Å². The van der Waals surface area contributed by atoms with Gasteiger partial charge >= 0.3 is 0 Å². The van der Waals surface area contributed by atoms with Crippen LogP contribution in [0.15, 0.2) is 53.7 Å². The Bertz CT molecular complexity index is 999. The lowest BCUT2D eigenvalue weighted by Gasteiger charge is -2.11. The highest BCUT2D eigenvalue weighted by Gasteiger charge is 2.12. The van der Waals surface area contributed by atoms with Crippen LogP contribution in [0.2, 0.25) is 0 Å². The topological polar surface area (TPSA) is 95.3 Å². The van der Waals surface area contributed by atoms with Gasteiger partial charge in [0.1, 0.15) is 5.82 Å². The summed E-state index contributed by atoms with van der Waals surface area (Å²) in [6, 6.07) is 11.2. The Morgan fingerprint density at radius 3 is 2.82 bits per heavy atom. The average molecular weight is 383 g/mol. The summed E-state index contributed by atoms with van der Waals surface area (Å²) in [6.07, 6.45) is 2.56. The van der Waals surface area contributed by atoms with Crippen LogP contribution in [0, 0.1) is 15.9 Å². The molecule has 3 rings (SSSR count). The van der Waals surface area contributed by atoms with Gasteiger partial charge in [-0.3, -0.25) is 10.1 Å². The average Bonchev–Trinajstić information content (AvgIpc) is 3.08. The van der Waals surface area contributed by atoms with E-state index in [1.54, 1.807) is 24.3 Å². The molecule has 0 saturated carbocycles. The van der Waals surface area contributed by atoms with E-state index in [0.29, 0.717) is 31.0 Å². The van der Waals surface area contributed by atoms with Gasteiger partial charge in [-0.15, -0.1) is 0 Å². The molecule has 0 atom stereocenters. The smallest absolute Gasteiger partial charge is 0.274 e. The first kappa shape index (κ1) is 19.3. The molecule has 0 fully saturated rings. The van der Waals surface area contributed by atoms with Crippen LogP contribution in [0.4, 0.5) is 10.1 Å². The number of nitrogens with zero attached hydrogens (tertiary/aromatic N) is 2. The number of H-pyrrole nitrogens is 1. The summed E-state index contributed by atoms with van der Waals surface area (Å²) >= 11 is 0. The molecular formula is C20H22FN5O2. The number of hydrogen-bond acceptors (Lipinski definition) is 3. The molecule has 0 radical (unpaired) electrons. The van der Waals surface area contributed by atoms with E-state index in [1.807, 2.05) is 13.1 Å². The predicted octanol–water partition coefficient (Wildman–Crippen LogP) is 3.51. The van der Waals surface area contributed by atoms with Crippen molar-refractivity contribution < 1.29 is 9.31 Å². The SMILES string of the molecule is CCNC(=NCc1ccccc1[N+](=O)[O-])NCCc1c[nH]c2ccc(F)cc12. The van der Waals surface area contributed by atoms with Gasteiger partial charge in [-0.2, -0.15) is 0 Å². The van der Waals surface area contributed by atoms with E-state index < -0.39 is 4.92 Å². The third-order valence-electron chi connectivity index (χ3n) is 4.36. The molecular weight excluding hydrogens is 361 g/mol. The second-order valence-corrected chi connectivity index (χ2v) is 6.26. The molecule has 0 aliphatic heterocycles. The summed E-state index contributed by atoms with van der Waals surface area (Å²) in [5, 5.41) is 18.3. The van der Waals surface area contributed by atoms with Crippen LogP contribution in [0.5, 0.6) is 0 Å². The summed E-state index contributed by atoms with van der Waals surface area (Å²) in [4.78, 5) is 18.3. The second kappa shape index (κ2) is 8.98. The summed E-state index contributed by atoms with van der Waals surface area (Å²) in [5.41, 5.74) is 2.52. The van der Waals surface area contributed by atoms with Gasteiger partial charge in [-0.1, -0.05) is 18.2 Å². The lowest BCUT2D eigenvalue weighted by molar-refractivity contribution is -0.385. The molecule has 7 nitrogen and oxygen atoms in total. The number of guanidine groups is 1. The molecule has 2 aromatic carbocycles. The van der Waals surface area contributed by atoms with Crippen LogP contribution in [-0.2, 0) is 13.0 Å². The highest BCUT2D eigenvalue weighted by molar-refractivity contribution is 5.83. The van der Waals surface area contributed by atoms with Crippen LogP contribution >= 0.6 is 0 Å². The van der Waals surface area contributed by atoms with Crippen molar-refractivity contribution in [2.75, 3.05) is 13.1 Å². The number of hydrogen-bond donors (Lipinski definition) is 3. The van der Waals surface area contributed by atoms with E-state index in [9.17, 15) is 14.5 Å². The number of fused-ring (bicyclic) bond motifs is 1. The molecule has 0 aliphatic carbocycles. The van der Waals surface area contributed by atoms with Crippen molar-refractivity contribution in [1.29, 1.82) is 0 Å². The standard InChI is InChI=1S/C20H22FN5O2/c1-2-22-20(25-13-15-5-3-4-6-19(15)26(27)28)23-10-9-14-12-24-18-8-7-16(21)11-17(14)18/h3-8,11-12,24H,2,9-10,13H2,1H3,(H2,22,23,25). The van der Waals surface area contributed by atoms with Gasteiger partial charge in [0.2, 0.25) is 0 Å². The minimum Gasteiger partial charge on any atom is -0.361 e. The van der Waals surface area contributed by atoms with Gasteiger partial charge in [-0.05, 0) is 37.1 Å². The molecule has 0 amide bonds. The van der Waals surface area contributed by atoms with Crippen LogP contribution in [-0.4, -0.2) is 29.0 Å². The number of rotatable bonds is 7. The Kier molecular flexibility index (Phi) is 6.21. The van der Waals surface area contributed by atoms with Gasteiger partial charge in [0.15, 0.2) is 5.96 Å². The first-order valence-electron chi connectivity index (χ1n) is 9.08. The molecule has 0 saturated heterocycles. The number of halogens is 1. The minimum atomic E-state index is -0.401. The van der Waals surface area contributed by atoms with Gasteiger partial charge in [0, 0.05) is 36.3 Å². The lowest BCUT2D eigenvalue weighted by atomic mass is 10.1. The number of benzene rings is 2. The maximum Gasteiger partial charge on any atom is 0.274 e. The van der Waals surface area contributed by atoms with Crippen molar-refractivity contribution >= 4 is 22.5 Å². The van der Waals surface area contributed by atoms with Gasteiger partial charge in [0.05, 0.1) is 17.0 Å². The third-order valence-corrected chi connectivity index (χ3v) is 4.36. The van der Waals surface area contributed by atoms with Crippen molar-refractivity contribution in [2.24, 2.45) is 4.99 Å². The largest absolute Gasteiger partial charge is 0.361 e. The van der Waals surface area contributed by atoms with E-state index in [0.717, 1.165) is 16.5 Å². The molecule has 0 aliphatic rings. The van der Waals surface area contributed by atoms with Crippen molar-refractivity contribution in [3.05, 3.63) is 75.7 Å². The molecule has 1 aromatic heterocycles. The molecule has 0 bridgehead atoms. The second-order valence-electron chi connectivity index (χ2n) is 6.26. The number of aromatic nitrogens is 1. The Balaban J connectivity index is 1.65. The normalized spacial score (nSPS) is 11.6. The zero-order chi connectivity index (χ0) is 19.9. The summed E-state index contributed by atoms with van der Waals surface area (Å²) in [5.74, 6) is 0.312. The summed E-state index contributed by atoms with van der Waals surface area (Å²) in [7, 11) is 0. The molecule has 28 heavy (non-hydrogen) atoms. The summed E-state index contributed by atoms with van der Waals surface area (Å²) < 4.78 is 13.5. The number of nitrogens with one attached hydrogen (secondary N) is 3. The van der Waals surface area contributed by atoms with Crippen molar-refractivity contribution in [3.8, 4) is 0 Å². The van der Waals surface area contributed by atoms with Crippen LogP contribution in [0.1, 0.15) is 18.1 Å². The van der Waals surface area contributed by atoms with E-state index in [2.05, 4.69) is 20.6 Å². The van der Waals surface area contributed by atoms with Gasteiger partial charge in [-0.25, -0.2) is 9.38 Å². The van der Waals surface area contributed by atoms with Crippen LogP contribution < -0.4 is 10.6 Å². The van der Waals surface area contributed by atoms with E-state index in [1.165, 1.54) is 18.2 Å². The van der Waals surface area contributed by atoms with E-state index in [4.69, 9.17) is 0 Å². The molecule has 0 spiro atoms. The highest BCUT2D eigenvalue weighted by Crippen LogP contribution is 2.20. The van der Waals surface area contributed by atoms with Gasteiger partial charge in [0.25, 0.3) is 5.69 Å². The number of aliphatic imine (C=N–C) groups is 1. The summed E-state index contributed by atoms with van der Waals surface area (Å²) in [6.45, 7) is 3.41. The maximum absolute atomic E-state index is 13.5. The first-order valence-corrected chi connectivity index (χ1v) is 9.08. The fraction of sp³-hybridized carbons (Fsp3) is 0.250. The first-order chi connectivity index (χ1) is 13.6. The Hall–Kier alpha value is -3.42. The monoisotopic (exact) mass is 383 g/mol. The Morgan fingerprint density at radius 2 is 2.04 bits per heavy atom. The van der Waals surface area contributed by atoms with Gasteiger partial charge < -0.3 is 15.6 Å². The van der Waals surface area contributed by atoms with Crippen molar-refractivity contribution in [1.82, 2.24) is 15.6 Å². The number of para-hydroxylation sites is 1. The van der Waals surface area contributed by atoms with Crippen molar-refractivity contribution in [3.63, 3.8) is 0 Å². The molecule has 8 heteroatoms. The lowest BCUT2D eigenvalue weighted by Crippen LogP contribution is -2.38. The Labute approximate surface area is 161 Å². The van der Waals surface area contributed by atoms with E-state index in [-0.39, 0.29) is 18.0 Å². The minimum absolute atomic E-state index is 0.0583. The third kappa shape index (κ3) is 4.64. The maximum atomic E-state index is 13.5. The number of nitro benzene ring substituents is 1.